The molecule has 198 valence electrons. The summed E-state index contributed by atoms with van der Waals surface area (Å²) in [5, 5.41) is 21.7. The summed E-state index contributed by atoms with van der Waals surface area (Å²) in [7, 11) is 0. The van der Waals surface area contributed by atoms with Crippen LogP contribution in [0, 0.1) is 0 Å². The van der Waals surface area contributed by atoms with E-state index in [-0.39, 0.29) is 0 Å². The molecule has 0 fully saturated rings. The van der Waals surface area contributed by atoms with Crippen LogP contribution in [0.1, 0.15) is 0 Å². The van der Waals surface area contributed by atoms with E-state index in [1.165, 1.54) is 0 Å². The Labute approximate surface area is 240 Å². The average Bonchev–Trinajstić information content (AvgIpc) is 3.76. The van der Waals surface area contributed by atoms with Gasteiger partial charge in [0.15, 0.2) is 0 Å². The van der Waals surface area contributed by atoms with Crippen LogP contribution in [-0.4, -0.2) is 20.4 Å². The zero-order valence-corrected chi connectivity index (χ0v) is 22.3. The highest BCUT2D eigenvalue weighted by molar-refractivity contribution is 5.95. The smallest absolute Gasteiger partial charge is 0.248 e. The summed E-state index contributed by atoms with van der Waals surface area (Å²) in [6, 6.07) is 44.7. The highest BCUT2D eigenvalue weighted by Crippen LogP contribution is 2.33. The van der Waals surface area contributed by atoms with Gasteiger partial charge in [-0.2, -0.15) is 0 Å². The molecule has 0 saturated carbocycles. The molecule has 0 spiro atoms. The zero-order valence-electron chi connectivity index (χ0n) is 22.3. The van der Waals surface area contributed by atoms with Gasteiger partial charge in [0, 0.05) is 22.3 Å². The van der Waals surface area contributed by atoms with Crippen molar-refractivity contribution in [3.63, 3.8) is 0 Å². The standard InChI is InChI=1S/C36H22N4O2/c1-3-11-29-25(7-1)9-5-13-31(29)35-39-37-33(41-35)27-19-15-23(16-20-27)24-17-21-28(22-18-24)34-38-40-36(42-34)32-14-6-10-26-8-2-4-12-30(26)32/h1-22H. The molecule has 8 rings (SSSR count). The highest BCUT2D eigenvalue weighted by Gasteiger charge is 2.15. The second kappa shape index (κ2) is 9.94. The van der Waals surface area contributed by atoms with Gasteiger partial charge in [-0.15, -0.1) is 20.4 Å². The van der Waals surface area contributed by atoms with Gasteiger partial charge in [-0.1, -0.05) is 97.1 Å². The van der Waals surface area contributed by atoms with E-state index in [1.54, 1.807) is 0 Å². The Morgan fingerprint density at radius 2 is 0.667 bits per heavy atom. The third-order valence-corrected chi connectivity index (χ3v) is 7.49. The van der Waals surface area contributed by atoms with Crippen LogP contribution in [0.4, 0.5) is 0 Å². The van der Waals surface area contributed by atoms with Gasteiger partial charge >= 0.3 is 0 Å². The van der Waals surface area contributed by atoms with E-state index in [9.17, 15) is 0 Å². The zero-order chi connectivity index (χ0) is 27.9. The fourth-order valence-corrected chi connectivity index (χ4v) is 5.33. The third kappa shape index (κ3) is 4.22. The third-order valence-electron chi connectivity index (χ3n) is 7.49. The molecular formula is C36H22N4O2. The first-order valence-corrected chi connectivity index (χ1v) is 13.6. The Balaban J connectivity index is 1.03. The van der Waals surface area contributed by atoms with E-state index >= 15 is 0 Å². The van der Waals surface area contributed by atoms with Crippen LogP contribution in [-0.2, 0) is 0 Å². The van der Waals surface area contributed by atoms with Gasteiger partial charge < -0.3 is 8.83 Å². The van der Waals surface area contributed by atoms with Crippen molar-refractivity contribution in [1.82, 2.24) is 20.4 Å². The molecule has 8 aromatic rings. The van der Waals surface area contributed by atoms with Gasteiger partial charge in [-0.3, -0.25) is 0 Å². The lowest BCUT2D eigenvalue weighted by Crippen LogP contribution is -1.82. The molecule has 2 aromatic heterocycles. The van der Waals surface area contributed by atoms with Gasteiger partial charge in [0.1, 0.15) is 0 Å². The minimum atomic E-state index is 0.484. The van der Waals surface area contributed by atoms with Gasteiger partial charge in [0.25, 0.3) is 0 Å². The summed E-state index contributed by atoms with van der Waals surface area (Å²) in [5.74, 6) is 1.98. The lowest BCUT2D eigenvalue weighted by Gasteiger charge is -2.04. The molecule has 0 amide bonds. The Morgan fingerprint density at radius 3 is 1.12 bits per heavy atom. The van der Waals surface area contributed by atoms with Gasteiger partial charge in [-0.25, -0.2) is 0 Å². The molecule has 0 unspecified atom stereocenters. The Morgan fingerprint density at radius 1 is 0.310 bits per heavy atom. The van der Waals surface area contributed by atoms with E-state index in [0.717, 1.165) is 54.9 Å². The van der Waals surface area contributed by atoms with Crippen LogP contribution >= 0.6 is 0 Å². The Kier molecular flexibility index (Phi) is 5.67. The van der Waals surface area contributed by atoms with Crippen molar-refractivity contribution in [2.75, 3.05) is 0 Å². The van der Waals surface area contributed by atoms with Gasteiger partial charge in [-0.05, 0) is 69.1 Å². The summed E-state index contributed by atoms with van der Waals surface area (Å²) in [6.07, 6.45) is 0. The summed E-state index contributed by atoms with van der Waals surface area (Å²) < 4.78 is 12.2. The molecule has 6 aromatic carbocycles. The van der Waals surface area contributed by atoms with Crippen molar-refractivity contribution in [2.24, 2.45) is 0 Å². The minimum Gasteiger partial charge on any atom is -0.416 e. The normalized spacial score (nSPS) is 11.3. The number of hydrogen-bond acceptors (Lipinski definition) is 6. The molecule has 0 radical (unpaired) electrons. The fraction of sp³-hybridized carbons (Fsp3) is 0. The van der Waals surface area contributed by atoms with E-state index in [0.29, 0.717) is 23.6 Å². The monoisotopic (exact) mass is 542 g/mol. The lowest BCUT2D eigenvalue weighted by atomic mass is 10.0. The number of nitrogens with zero attached hydrogens (tertiary/aromatic N) is 4. The quantitative estimate of drug-likeness (QED) is 0.216. The highest BCUT2D eigenvalue weighted by atomic mass is 16.4. The molecule has 0 N–H and O–H groups in total. The predicted octanol–water partition coefficient (Wildman–Crippen LogP) is 9.09. The van der Waals surface area contributed by atoms with Crippen LogP contribution in [0.5, 0.6) is 0 Å². The molecular weight excluding hydrogens is 520 g/mol. The summed E-state index contributed by atoms with van der Waals surface area (Å²) in [4.78, 5) is 0. The maximum Gasteiger partial charge on any atom is 0.248 e. The predicted molar refractivity (Wildman–Crippen MR) is 164 cm³/mol. The van der Waals surface area contributed by atoms with E-state index in [2.05, 4.69) is 81.1 Å². The van der Waals surface area contributed by atoms with Crippen molar-refractivity contribution < 1.29 is 8.83 Å². The number of aromatic nitrogens is 4. The number of benzene rings is 6. The second-order valence-electron chi connectivity index (χ2n) is 10.0. The number of hydrogen-bond donors (Lipinski definition) is 0. The van der Waals surface area contributed by atoms with Crippen LogP contribution < -0.4 is 0 Å². The fourth-order valence-electron chi connectivity index (χ4n) is 5.33. The van der Waals surface area contributed by atoms with Crippen molar-refractivity contribution in [2.45, 2.75) is 0 Å². The number of fused-ring (bicyclic) bond motifs is 2. The van der Waals surface area contributed by atoms with E-state index < -0.39 is 0 Å². The largest absolute Gasteiger partial charge is 0.416 e. The Bertz CT molecular complexity index is 2030. The first-order chi connectivity index (χ1) is 20.8. The van der Waals surface area contributed by atoms with Crippen molar-refractivity contribution >= 4 is 21.5 Å². The summed E-state index contributed by atoms with van der Waals surface area (Å²) in [6.45, 7) is 0. The first kappa shape index (κ1) is 24.0. The van der Waals surface area contributed by atoms with Crippen molar-refractivity contribution in [3.05, 3.63) is 133 Å². The topological polar surface area (TPSA) is 77.8 Å². The summed E-state index contributed by atoms with van der Waals surface area (Å²) in [5.41, 5.74) is 5.72. The Hall–Kier alpha value is -5.88. The second-order valence-corrected chi connectivity index (χ2v) is 10.0. The molecule has 2 heterocycles. The molecule has 0 bridgehead atoms. The molecule has 6 heteroatoms. The molecule has 0 atom stereocenters. The maximum absolute atomic E-state index is 6.09. The van der Waals surface area contributed by atoms with Crippen LogP contribution in [0.3, 0.4) is 0 Å². The van der Waals surface area contributed by atoms with Crippen molar-refractivity contribution in [1.29, 1.82) is 0 Å². The van der Waals surface area contributed by atoms with Gasteiger partial charge in [0.05, 0.1) is 0 Å². The van der Waals surface area contributed by atoms with Gasteiger partial charge in [0.2, 0.25) is 23.6 Å². The SMILES string of the molecule is c1ccc2c(-c3nnc(-c4ccc(-c5ccc(-c6nnc(-c7cccc8ccccc78)o6)cc5)cc4)o3)cccc2c1. The molecule has 0 aliphatic rings. The van der Waals surface area contributed by atoms with E-state index in [1.807, 2.05) is 72.8 Å². The van der Waals surface area contributed by atoms with Crippen LogP contribution in [0.2, 0.25) is 0 Å². The maximum atomic E-state index is 6.09. The van der Waals surface area contributed by atoms with E-state index in [4.69, 9.17) is 8.83 Å². The van der Waals surface area contributed by atoms with Crippen LogP contribution in [0.25, 0.3) is 78.5 Å². The number of rotatable bonds is 5. The minimum absolute atomic E-state index is 0.484. The molecule has 0 aliphatic heterocycles. The lowest BCUT2D eigenvalue weighted by molar-refractivity contribution is 0.585. The molecule has 42 heavy (non-hydrogen) atoms. The summed E-state index contributed by atoms with van der Waals surface area (Å²) >= 11 is 0. The first-order valence-electron chi connectivity index (χ1n) is 13.6. The van der Waals surface area contributed by atoms with Crippen molar-refractivity contribution in [3.8, 4) is 56.9 Å². The molecule has 0 saturated heterocycles. The average molecular weight is 543 g/mol. The van der Waals surface area contributed by atoms with Crippen LogP contribution in [0.15, 0.2) is 142 Å². The molecule has 6 nitrogen and oxygen atoms in total. The molecule has 0 aliphatic carbocycles.